The molecular formula is C16H19BrN2O2. The smallest absolute Gasteiger partial charge is 0.172 e. The molecule has 2 aromatic rings. The molecule has 0 saturated carbocycles. The molecule has 21 heavy (non-hydrogen) atoms. The number of halogens is 1. The largest absolute Gasteiger partial charge is 0.496 e. The third-order valence-corrected chi connectivity index (χ3v) is 4.40. The highest BCUT2D eigenvalue weighted by Crippen LogP contribution is 2.26. The average molecular weight is 351 g/mol. The summed E-state index contributed by atoms with van der Waals surface area (Å²) < 4.78 is 8.01. The summed E-state index contributed by atoms with van der Waals surface area (Å²) in [4.78, 5) is 12.6. The van der Waals surface area contributed by atoms with Gasteiger partial charge in [0.2, 0.25) is 0 Å². The number of ketones is 1. The van der Waals surface area contributed by atoms with Crippen molar-refractivity contribution in [1.82, 2.24) is 9.78 Å². The highest BCUT2D eigenvalue weighted by atomic mass is 79.9. The van der Waals surface area contributed by atoms with E-state index in [4.69, 9.17) is 4.74 Å². The number of carbonyl (C=O) groups is 1. The SMILES string of the molecule is CCc1nn(C)c(CC(=O)c2ccc(C)cc2OC)c1Br. The molecule has 0 atom stereocenters. The van der Waals surface area contributed by atoms with Crippen molar-refractivity contribution in [2.75, 3.05) is 7.11 Å². The van der Waals surface area contributed by atoms with Crippen LogP contribution in [0.5, 0.6) is 5.75 Å². The van der Waals surface area contributed by atoms with Gasteiger partial charge in [0.25, 0.3) is 0 Å². The third kappa shape index (κ3) is 3.18. The molecule has 0 aliphatic rings. The zero-order valence-electron chi connectivity index (χ0n) is 12.7. The molecule has 5 heteroatoms. The number of hydrogen-bond acceptors (Lipinski definition) is 3. The lowest BCUT2D eigenvalue weighted by Crippen LogP contribution is -2.10. The van der Waals surface area contributed by atoms with Gasteiger partial charge >= 0.3 is 0 Å². The van der Waals surface area contributed by atoms with Crippen molar-refractivity contribution in [3.63, 3.8) is 0 Å². The minimum absolute atomic E-state index is 0.0261. The van der Waals surface area contributed by atoms with Gasteiger partial charge in [-0.25, -0.2) is 0 Å². The predicted octanol–water partition coefficient (Wildman–Crippen LogP) is 3.49. The standard InChI is InChI=1S/C16H19BrN2O2/c1-5-12-16(17)13(19(3)18-12)9-14(20)11-7-6-10(2)8-15(11)21-4/h6-8H,5,9H2,1-4H3. The first-order valence-corrected chi connectivity index (χ1v) is 7.65. The van der Waals surface area contributed by atoms with E-state index in [2.05, 4.69) is 21.0 Å². The van der Waals surface area contributed by atoms with E-state index in [-0.39, 0.29) is 5.78 Å². The Hall–Kier alpha value is -1.62. The molecule has 0 saturated heterocycles. The molecule has 4 nitrogen and oxygen atoms in total. The Kier molecular flexibility index (Phi) is 4.83. The number of benzene rings is 1. The maximum atomic E-state index is 12.6. The van der Waals surface area contributed by atoms with Crippen LogP contribution in [0.15, 0.2) is 22.7 Å². The summed E-state index contributed by atoms with van der Waals surface area (Å²) in [5.41, 5.74) is 3.53. The van der Waals surface area contributed by atoms with Gasteiger partial charge in [0.1, 0.15) is 5.75 Å². The molecule has 0 radical (unpaired) electrons. The van der Waals surface area contributed by atoms with Crippen LogP contribution in [0.25, 0.3) is 0 Å². The molecule has 1 aromatic carbocycles. The van der Waals surface area contributed by atoms with Gasteiger partial charge in [-0.05, 0) is 47.0 Å². The number of nitrogens with zero attached hydrogens (tertiary/aromatic N) is 2. The van der Waals surface area contributed by atoms with Crippen LogP contribution < -0.4 is 4.74 Å². The lowest BCUT2D eigenvalue weighted by molar-refractivity contribution is 0.0987. The van der Waals surface area contributed by atoms with E-state index in [9.17, 15) is 4.79 Å². The molecule has 0 amide bonds. The summed E-state index contributed by atoms with van der Waals surface area (Å²) in [5, 5.41) is 4.42. The Morgan fingerprint density at radius 2 is 2.14 bits per heavy atom. The second kappa shape index (κ2) is 6.43. The van der Waals surface area contributed by atoms with Crippen molar-refractivity contribution in [2.45, 2.75) is 26.7 Å². The number of rotatable bonds is 5. The summed E-state index contributed by atoms with van der Waals surface area (Å²) in [6, 6.07) is 5.62. The van der Waals surface area contributed by atoms with Crippen LogP contribution in [0, 0.1) is 6.92 Å². The Bertz CT molecular complexity index is 677. The molecule has 0 aliphatic carbocycles. The van der Waals surface area contributed by atoms with Crippen molar-refractivity contribution < 1.29 is 9.53 Å². The molecular weight excluding hydrogens is 332 g/mol. The molecule has 1 heterocycles. The van der Waals surface area contributed by atoms with Gasteiger partial charge in [0.15, 0.2) is 5.78 Å². The minimum Gasteiger partial charge on any atom is -0.496 e. The van der Waals surface area contributed by atoms with Crippen LogP contribution in [-0.4, -0.2) is 22.7 Å². The first-order valence-electron chi connectivity index (χ1n) is 6.86. The topological polar surface area (TPSA) is 44.1 Å². The van der Waals surface area contributed by atoms with Gasteiger partial charge in [-0.2, -0.15) is 5.10 Å². The van der Waals surface area contributed by atoms with Gasteiger partial charge in [0, 0.05) is 7.05 Å². The number of carbonyl (C=O) groups excluding carboxylic acids is 1. The lowest BCUT2D eigenvalue weighted by Gasteiger charge is -2.09. The number of methoxy groups -OCH3 is 1. The zero-order valence-corrected chi connectivity index (χ0v) is 14.3. The average Bonchev–Trinajstić information content (AvgIpc) is 2.74. The summed E-state index contributed by atoms with van der Waals surface area (Å²) in [7, 11) is 3.44. The normalized spacial score (nSPS) is 10.7. The van der Waals surface area contributed by atoms with Gasteiger partial charge in [-0.3, -0.25) is 9.48 Å². The number of ether oxygens (including phenoxy) is 1. The van der Waals surface area contributed by atoms with Crippen molar-refractivity contribution in [2.24, 2.45) is 7.05 Å². The zero-order chi connectivity index (χ0) is 15.6. The first kappa shape index (κ1) is 15.8. The highest BCUT2D eigenvalue weighted by Gasteiger charge is 2.19. The molecule has 0 spiro atoms. The second-order valence-electron chi connectivity index (χ2n) is 4.99. The Labute approximate surface area is 133 Å². The molecule has 112 valence electrons. The summed E-state index contributed by atoms with van der Waals surface area (Å²) >= 11 is 3.54. The summed E-state index contributed by atoms with van der Waals surface area (Å²) in [6.45, 7) is 4.02. The predicted molar refractivity (Wildman–Crippen MR) is 86.1 cm³/mol. The molecule has 0 bridgehead atoms. The van der Waals surface area contributed by atoms with Gasteiger partial charge in [-0.1, -0.05) is 13.0 Å². The minimum atomic E-state index is 0.0261. The van der Waals surface area contributed by atoms with Gasteiger partial charge < -0.3 is 4.74 Å². The van der Waals surface area contributed by atoms with Crippen molar-refractivity contribution >= 4 is 21.7 Å². The van der Waals surface area contributed by atoms with E-state index in [0.717, 1.165) is 27.8 Å². The van der Waals surface area contributed by atoms with Crippen molar-refractivity contribution in [3.8, 4) is 5.75 Å². The Morgan fingerprint density at radius 1 is 1.43 bits per heavy atom. The monoisotopic (exact) mass is 350 g/mol. The quantitative estimate of drug-likeness (QED) is 0.775. The maximum Gasteiger partial charge on any atom is 0.172 e. The summed E-state index contributed by atoms with van der Waals surface area (Å²) in [5.74, 6) is 0.646. The molecule has 1 aromatic heterocycles. The fourth-order valence-corrected chi connectivity index (χ4v) is 3.04. The van der Waals surface area contributed by atoms with Gasteiger partial charge in [0.05, 0.1) is 35.0 Å². The Morgan fingerprint density at radius 3 is 2.71 bits per heavy atom. The number of aromatic nitrogens is 2. The van der Waals surface area contributed by atoms with Crippen molar-refractivity contribution in [1.29, 1.82) is 0 Å². The fraction of sp³-hybridized carbons (Fsp3) is 0.375. The van der Waals surface area contributed by atoms with Crippen molar-refractivity contribution in [3.05, 3.63) is 45.2 Å². The van der Waals surface area contributed by atoms with E-state index in [1.54, 1.807) is 11.8 Å². The Balaban J connectivity index is 2.32. The van der Waals surface area contributed by atoms with Crippen LogP contribution in [0.3, 0.4) is 0 Å². The maximum absolute atomic E-state index is 12.6. The van der Waals surface area contributed by atoms with E-state index in [0.29, 0.717) is 17.7 Å². The fourth-order valence-electron chi connectivity index (χ4n) is 2.29. The van der Waals surface area contributed by atoms with E-state index in [1.807, 2.05) is 39.1 Å². The molecule has 0 unspecified atom stereocenters. The molecule has 0 N–H and O–H groups in total. The van der Waals surface area contributed by atoms with Gasteiger partial charge in [-0.15, -0.1) is 0 Å². The highest BCUT2D eigenvalue weighted by molar-refractivity contribution is 9.10. The molecule has 0 aliphatic heterocycles. The number of Topliss-reactive ketones (excluding diaryl/α,β-unsaturated/α-hetero) is 1. The number of aryl methyl sites for hydroxylation is 3. The van der Waals surface area contributed by atoms with E-state index < -0.39 is 0 Å². The van der Waals surface area contributed by atoms with Crippen LogP contribution in [0.1, 0.15) is 34.2 Å². The summed E-state index contributed by atoms with van der Waals surface area (Å²) in [6.07, 6.45) is 1.12. The first-order chi connectivity index (χ1) is 9.97. The van der Waals surface area contributed by atoms with E-state index in [1.165, 1.54) is 0 Å². The van der Waals surface area contributed by atoms with Crippen LogP contribution in [0.2, 0.25) is 0 Å². The second-order valence-corrected chi connectivity index (χ2v) is 5.78. The van der Waals surface area contributed by atoms with Crippen LogP contribution in [0.4, 0.5) is 0 Å². The number of hydrogen-bond donors (Lipinski definition) is 0. The van der Waals surface area contributed by atoms with E-state index >= 15 is 0 Å². The van der Waals surface area contributed by atoms with Crippen LogP contribution in [-0.2, 0) is 19.9 Å². The van der Waals surface area contributed by atoms with Crippen LogP contribution >= 0.6 is 15.9 Å². The lowest BCUT2D eigenvalue weighted by atomic mass is 10.0. The molecule has 0 fully saturated rings. The molecule has 2 rings (SSSR count). The third-order valence-electron chi connectivity index (χ3n) is 3.49.